The van der Waals surface area contributed by atoms with Gasteiger partial charge in [0, 0.05) is 52.7 Å². The van der Waals surface area contributed by atoms with E-state index in [1.807, 2.05) is 13.8 Å². The summed E-state index contributed by atoms with van der Waals surface area (Å²) in [4.78, 5) is 6.97. The normalized spacial score (nSPS) is 13.6. The minimum absolute atomic E-state index is 0.274. The molecular formula is C29H51N3. The Hall–Kier alpha value is -2.00. The van der Waals surface area contributed by atoms with Gasteiger partial charge in [0.25, 0.3) is 0 Å². The van der Waals surface area contributed by atoms with Crippen LogP contribution >= 0.6 is 0 Å². The Morgan fingerprint density at radius 3 is 1.72 bits per heavy atom. The van der Waals surface area contributed by atoms with Crippen molar-refractivity contribution in [1.82, 2.24) is 9.80 Å². The third kappa shape index (κ3) is 10.5. The summed E-state index contributed by atoms with van der Waals surface area (Å²) in [5, 5.41) is 0. The predicted octanol–water partition coefficient (Wildman–Crippen LogP) is 7.40. The summed E-state index contributed by atoms with van der Waals surface area (Å²) in [6.45, 7) is 19.8. The smallest absolute Gasteiger partial charge is 0.0561 e. The van der Waals surface area contributed by atoms with E-state index >= 15 is 0 Å². The van der Waals surface area contributed by atoms with Crippen molar-refractivity contribution in [2.75, 3.05) is 46.2 Å². The number of hydrogen-bond donors (Lipinski definition) is 0. The predicted molar refractivity (Wildman–Crippen MR) is 146 cm³/mol. The summed E-state index contributed by atoms with van der Waals surface area (Å²) in [7, 11) is 8.37. The van der Waals surface area contributed by atoms with Gasteiger partial charge in [-0.2, -0.15) is 0 Å². The molecule has 0 spiro atoms. The van der Waals surface area contributed by atoms with Gasteiger partial charge in [0.05, 0.1) is 6.04 Å². The van der Waals surface area contributed by atoms with E-state index in [1.165, 1.54) is 22.5 Å². The van der Waals surface area contributed by atoms with Crippen LogP contribution in [0.1, 0.15) is 67.0 Å². The molecule has 0 saturated carbocycles. The maximum atomic E-state index is 2.66. The Kier molecular flexibility index (Phi) is 14.8. The van der Waals surface area contributed by atoms with Crippen LogP contribution in [-0.4, -0.2) is 51.1 Å². The van der Waals surface area contributed by atoms with Crippen molar-refractivity contribution in [3.05, 3.63) is 65.4 Å². The summed E-state index contributed by atoms with van der Waals surface area (Å²) < 4.78 is 0. The molecule has 32 heavy (non-hydrogen) atoms. The Labute approximate surface area is 200 Å². The molecule has 0 fully saturated rings. The minimum atomic E-state index is 0.274. The van der Waals surface area contributed by atoms with E-state index in [1.54, 1.807) is 0 Å². The van der Waals surface area contributed by atoms with Crippen LogP contribution in [0.3, 0.4) is 0 Å². The second-order valence-corrected chi connectivity index (χ2v) is 9.53. The van der Waals surface area contributed by atoms with Gasteiger partial charge in [-0.1, -0.05) is 71.4 Å². The molecule has 0 aliphatic rings. The van der Waals surface area contributed by atoms with E-state index in [2.05, 4.69) is 133 Å². The zero-order valence-electron chi connectivity index (χ0n) is 23.1. The van der Waals surface area contributed by atoms with Gasteiger partial charge >= 0.3 is 0 Å². The van der Waals surface area contributed by atoms with Gasteiger partial charge < -0.3 is 9.80 Å². The number of rotatable bonds is 11. The van der Waals surface area contributed by atoms with Crippen molar-refractivity contribution in [3.8, 4) is 0 Å². The molecule has 3 heteroatoms. The van der Waals surface area contributed by atoms with Crippen molar-refractivity contribution in [1.29, 1.82) is 0 Å². The molecule has 0 heterocycles. The maximum Gasteiger partial charge on any atom is 0.0561 e. The highest BCUT2D eigenvalue weighted by Crippen LogP contribution is 2.31. The van der Waals surface area contributed by atoms with Crippen LogP contribution in [0.15, 0.2) is 59.8 Å². The van der Waals surface area contributed by atoms with Gasteiger partial charge in [0.2, 0.25) is 0 Å². The highest BCUT2D eigenvalue weighted by atomic mass is 15.2. The molecule has 0 aromatic heterocycles. The molecule has 1 rings (SSSR count). The van der Waals surface area contributed by atoms with Crippen molar-refractivity contribution < 1.29 is 0 Å². The Balaban J connectivity index is 0.00000466. The van der Waals surface area contributed by atoms with Crippen LogP contribution in [0.4, 0.5) is 5.69 Å². The molecule has 0 bridgehead atoms. The third-order valence-electron chi connectivity index (χ3n) is 5.09. The van der Waals surface area contributed by atoms with Crippen LogP contribution in [0, 0.1) is 11.8 Å². The van der Waals surface area contributed by atoms with E-state index < -0.39 is 0 Å². The molecule has 3 nitrogen and oxygen atoms in total. The van der Waals surface area contributed by atoms with Crippen molar-refractivity contribution in [2.45, 2.75) is 61.4 Å². The summed E-state index contributed by atoms with van der Waals surface area (Å²) in [5.41, 5.74) is 5.18. The van der Waals surface area contributed by atoms with Gasteiger partial charge in [0.15, 0.2) is 0 Å². The molecular weight excluding hydrogens is 390 g/mol. The third-order valence-corrected chi connectivity index (χ3v) is 5.09. The Bertz CT molecular complexity index is 696. The average Bonchev–Trinajstić information content (AvgIpc) is 2.72. The Morgan fingerprint density at radius 2 is 1.34 bits per heavy atom. The molecule has 1 atom stereocenters. The number of allylic oxidation sites excluding steroid dienone is 4. The first kappa shape index (κ1) is 30.0. The van der Waals surface area contributed by atoms with E-state index in [4.69, 9.17) is 0 Å². The fourth-order valence-corrected chi connectivity index (χ4v) is 3.77. The fourth-order valence-electron chi connectivity index (χ4n) is 3.77. The number of anilines is 1. The molecule has 1 aromatic carbocycles. The first-order valence-corrected chi connectivity index (χ1v) is 12.3. The first-order chi connectivity index (χ1) is 15.1. The average molecular weight is 442 g/mol. The van der Waals surface area contributed by atoms with Crippen LogP contribution < -0.4 is 4.90 Å². The summed E-state index contributed by atoms with van der Waals surface area (Å²) in [6.07, 6.45) is 8.79. The van der Waals surface area contributed by atoms with Gasteiger partial charge in [-0.3, -0.25) is 4.90 Å². The summed E-state index contributed by atoms with van der Waals surface area (Å²) in [6, 6.07) is 9.34. The lowest BCUT2D eigenvalue weighted by Crippen LogP contribution is -2.35. The number of likely N-dealkylation sites (N-methyl/N-ethyl adjacent to an activating group) is 1. The van der Waals surface area contributed by atoms with Crippen molar-refractivity contribution in [2.24, 2.45) is 11.8 Å². The van der Waals surface area contributed by atoms with Gasteiger partial charge in [-0.05, 0) is 55.5 Å². The molecule has 0 aliphatic carbocycles. The van der Waals surface area contributed by atoms with E-state index in [0.717, 1.165) is 13.1 Å². The van der Waals surface area contributed by atoms with Crippen molar-refractivity contribution >= 4 is 5.69 Å². The zero-order valence-corrected chi connectivity index (χ0v) is 23.1. The van der Waals surface area contributed by atoms with E-state index in [-0.39, 0.29) is 6.04 Å². The van der Waals surface area contributed by atoms with Crippen LogP contribution in [0.2, 0.25) is 0 Å². The van der Waals surface area contributed by atoms with Crippen LogP contribution in [0.25, 0.3) is 0 Å². The monoisotopic (exact) mass is 441 g/mol. The maximum absolute atomic E-state index is 2.66. The lowest BCUT2D eigenvalue weighted by Gasteiger charge is -2.35. The highest BCUT2D eigenvalue weighted by molar-refractivity contribution is 5.47. The number of hydrogen-bond acceptors (Lipinski definition) is 3. The first-order valence-electron chi connectivity index (χ1n) is 12.3. The summed E-state index contributed by atoms with van der Waals surface area (Å²) in [5.74, 6) is 1.24. The second kappa shape index (κ2) is 15.7. The lowest BCUT2D eigenvalue weighted by molar-refractivity contribution is 0.176. The molecule has 0 aliphatic heterocycles. The molecule has 1 unspecified atom stereocenters. The zero-order chi connectivity index (χ0) is 24.8. The number of nitrogens with zero attached hydrogens (tertiary/aromatic N) is 3. The van der Waals surface area contributed by atoms with Gasteiger partial charge in [0.1, 0.15) is 0 Å². The SMILES string of the molecule is CC.C\C=C/C(=C\C=C(/C)C(c1ccc(N(C)C)cc1)N(CC(C)C)CC(C)C)N(C)C. The topological polar surface area (TPSA) is 9.72 Å². The quantitative estimate of drug-likeness (QED) is 0.331. The Morgan fingerprint density at radius 1 is 0.844 bits per heavy atom. The summed E-state index contributed by atoms with van der Waals surface area (Å²) >= 11 is 0. The molecule has 0 radical (unpaired) electrons. The molecule has 0 saturated heterocycles. The van der Waals surface area contributed by atoms with Crippen LogP contribution in [0.5, 0.6) is 0 Å². The van der Waals surface area contributed by atoms with Gasteiger partial charge in [-0.15, -0.1) is 0 Å². The van der Waals surface area contributed by atoms with Crippen LogP contribution in [-0.2, 0) is 0 Å². The van der Waals surface area contributed by atoms with Crippen molar-refractivity contribution in [3.63, 3.8) is 0 Å². The number of benzene rings is 1. The molecule has 0 amide bonds. The van der Waals surface area contributed by atoms with Gasteiger partial charge in [-0.25, -0.2) is 0 Å². The largest absolute Gasteiger partial charge is 0.378 e. The molecule has 0 N–H and O–H groups in total. The molecule has 1 aromatic rings. The minimum Gasteiger partial charge on any atom is -0.378 e. The molecule has 182 valence electrons. The second-order valence-electron chi connectivity index (χ2n) is 9.53. The van der Waals surface area contributed by atoms with E-state index in [9.17, 15) is 0 Å². The fraction of sp³-hybridized carbons (Fsp3) is 0.586. The lowest BCUT2D eigenvalue weighted by atomic mass is 9.95. The standard InChI is InChI=1S/C27H45N3.C2H6/c1-11-12-25(28(7)8)16-13-23(6)27(30(19-21(2)3)20-22(4)5)24-14-17-26(18-15-24)29(9)10;1-2/h11-18,21-22,27H,19-20H2,1-10H3;1-2H3/b12-11-,23-13+,25-16+;. The van der Waals surface area contributed by atoms with E-state index in [0.29, 0.717) is 11.8 Å². The highest BCUT2D eigenvalue weighted by Gasteiger charge is 2.23.